The van der Waals surface area contributed by atoms with Crippen LogP contribution in [0.2, 0.25) is 0 Å². The predicted octanol–water partition coefficient (Wildman–Crippen LogP) is 5.83. The molecule has 2 aromatic carbocycles. The number of carbonyl (C=O) groups excluding carboxylic acids is 2. The molecule has 0 bridgehead atoms. The largest absolute Gasteiger partial charge is 0.465 e. The number of likely N-dealkylation sites (tertiary alicyclic amines) is 1. The third-order valence-corrected chi connectivity index (χ3v) is 6.73. The van der Waals surface area contributed by atoms with Gasteiger partial charge in [0.05, 0.1) is 12.2 Å². The van der Waals surface area contributed by atoms with E-state index in [4.69, 9.17) is 9.47 Å². The van der Waals surface area contributed by atoms with Crippen molar-refractivity contribution in [2.75, 3.05) is 19.7 Å². The summed E-state index contributed by atoms with van der Waals surface area (Å²) in [6.45, 7) is 8.97. The van der Waals surface area contributed by atoms with Gasteiger partial charge in [-0.15, -0.1) is 0 Å². The Labute approximate surface area is 215 Å². The first-order valence-corrected chi connectivity index (χ1v) is 12.3. The fraction of sp³-hybridized carbons (Fsp3) is 0.500. The lowest BCUT2D eigenvalue weighted by Crippen LogP contribution is -2.58. The van der Waals surface area contributed by atoms with Gasteiger partial charge in [-0.2, -0.15) is 13.2 Å². The van der Waals surface area contributed by atoms with E-state index in [1.54, 1.807) is 52.0 Å². The zero-order valence-electron chi connectivity index (χ0n) is 21.8. The van der Waals surface area contributed by atoms with Crippen LogP contribution in [0.4, 0.5) is 18.0 Å². The van der Waals surface area contributed by atoms with Crippen LogP contribution in [0.15, 0.2) is 48.5 Å². The lowest BCUT2D eigenvalue weighted by Gasteiger charge is -2.50. The standard InChI is InChI=1S/C28H34F3NO5/c1-6-36-23(33)26(15-17-32(18-16-26)24(34)37-25(3,4)5)27(35,20-9-7-19(2)8-10-20)21-11-13-22(14-12-21)28(29,30)31/h7-14,35H,6,15-18H2,1-5H3. The molecule has 1 aliphatic rings. The number of ether oxygens (including phenoxy) is 2. The quantitative estimate of drug-likeness (QED) is 0.501. The summed E-state index contributed by atoms with van der Waals surface area (Å²) in [4.78, 5) is 27.8. The number of rotatable bonds is 5. The third kappa shape index (κ3) is 5.76. The summed E-state index contributed by atoms with van der Waals surface area (Å²) in [5.74, 6) is -0.679. The summed E-state index contributed by atoms with van der Waals surface area (Å²) in [5.41, 5.74) is -3.81. The zero-order valence-corrected chi connectivity index (χ0v) is 21.8. The van der Waals surface area contributed by atoms with Crippen LogP contribution in [-0.2, 0) is 26.0 Å². The predicted molar refractivity (Wildman–Crippen MR) is 132 cm³/mol. The molecule has 1 atom stereocenters. The minimum absolute atomic E-state index is 0.0104. The maximum absolute atomic E-state index is 13.6. The minimum atomic E-state index is -4.56. The molecule has 6 nitrogen and oxygen atoms in total. The summed E-state index contributed by atoms with van der Waals surface area (Å²) in [6.07, 6.45) is -5.08. The molecule has 3 rings (SSSR count). The molecule has 1 heterocycles. The molecule has 1 fully saturated rings. The van der Waals surface area contributed by atoms with Crippen LogP contribution in [0.3, 0.4) is 0 Å². The number of esters is 1. The Morgan fingerprint density at radius 1 is 0.919 bits per heavy atom. The van der Waals surface area contributed by atoms with Crippen molar-refractivity contribution < 1.29 is 37.3 Å². The summed E-state index contributed by atoms with van der Waals surface area (Å²) in [6, 6.07) is 11.0. The van der Waals surface area contributed by atoms with Gasteiger partial charge in [0.1, 0.15) is 16.6 Å². The first-order chi connectivity index (χ1) is 17.1. The van der Waals surface area contributed by atoms with Crippen molar-refractivity contribution in [3.63, 3.8) is 0 Å². The number of piperidine rings is 1. The fourth-order valence-corrected chi connectivity index (χ4v) is 4.79. The normalized spacial score (nSPS) is 17.6. The van der Waals surface area contributed by atoms with Gasteiger partial charge in [-0.05, 0) is 70.7 Å². The van der Waals surface area contributed by atoms with Gasteiger partial charge in [0.15, 0.2) is 0 Å². The Morgan fingerprint density at radius 3 is 1.81 bits per heavy atom. The van der Waals surface area contributed by atoms with Crippen LogP contribution in [0.5, 0.6) is 0 Å². The Kier molecular flexibility index (Phi) is 7.98. The maximum atomic E-state index is 13.6. The van der Waals surface area contributed by atoms with Gasteiger partial charge < -0.3 is 19.5 Å². The number of alkyl halides is 3. The van der Waals surface area contributed by atoms with Gasteiger partial charge in [0.25, 0.3) is 0 Å². The van der Waals surface area contributed by atoms with E-state index in [9.17, 15) is 27.9 Å². The van der Waals surface area contributed by atoms with Crippen LogP contribution in [0.25, 0.3) is 0 Å². The van der Waals surface area contributed by atoms with Crippen molar-refractivity contribution in [1.82, 2.24) is 4.90 Å². The van der Waals surface area contributed by atoms with E-state index in [2.05, 4.69) is 0 Å². The molecule has 0 aromatic heterocycles. The van der Waals surface area contributed by atoms with E-state index < -0.39 is 40.4 Å². The number of halogens is 3. The van der Waals surface area contributed by atoms with Crippen LogP contribution < -0.4 is 0 Å². The Hall–Kier alpha value is -3.07. The molecule has 1 unspecified atom stereocenters. The third-order valence-electron chi connectivity index (χ3n) is 6.73. The molecule has 1 amide bonds. The van der Waals surface area contributed by atoms with Gasteiger partial charge in [-0.1, -0.05) is 42.0 Å². The van der Waals surface area contributed by atoms with E-state index in [1.165, 1.54) is 17.0 Å². The number of nitrogens with zero attached hydrogens (tertiary/aromatic N) is 1. The summed E-state index contributed by atoms with van der Waals surface area (Å²) < 4.78 is 50.8. The molecule has 0 saturated carbocycles. The van der Waals surface area contributed by atoms with E-state index >= 15 is 0 Å². The highest BCUT2D eigenvalue weighted by atomic mass is 19.4. The lowest BCUT2D eigenvalue weighted by molar-refractivity contribution is -0.179. The van der Waals surface area contributed by atoms with E-state index in [1.807, 2.05) is 6.92 Å². The Bertz CT molecular complexity index is 1100. The average molecular weight is 522 g/mol. The zero-order chi connectivity index (χ0) is 27.6. The Morgan fingerprint density at radius 2 is 1.38 bits per heavy atom. The molecule has 0 spiro atoms. The molecule has 0 radical (unpaired) electrons. The van der Waals surface area contributed by atoms with Crippen molar-refractivity contribution in [1.29, 1.82) is 0 Å². The number of aliphatic hydroxyl groups is 1. The highest BCUT2D eigenvalue weighted by Gasteiger charge is 2.60. The van der Waals surface area contributed by atoms with E-state index in [0.29, 0.717) is 5.56 Å². The first-order valence-electron chi connectivity index (χ1n) is 12.3. The number of amides is 1. The van der Waals surface area contributed by atoms with Crippen molar-refractivity contribution in [2.45, 2.75) is 64.8 Å². The molecule has 1 N–H and O–H groups in total. The van der Waals surface area contributed by atoms with Crippen molar-refractivity contribution >= 4 is 12.1 Å². The van der Waals surface area contributed by atoms with E-state index in [-0.39, 0.29) is 38.1 Å². The second kappa shape index (κ2) is 10.4. The monoisotopic (exact) mass is 521 g/mol. The van der Waals surface area contributed by atoms with Gasteiger partial charge in [-0.25, -0.2) is 4.79 Å². The molecule has 1 aliphatic heterocycles. The summed E-state index contributed by atoms with van der Waals surface area (Å²) in [5, 5.41) is 12.5. The van der Waals surface area contributed by atoms with Gasteiger partial charge in [0.2, 0.25) is 0 Å². The van der Waals surface area contributed by atoms with Crippen molar-refractivity contribution in [3.05, 3.63) is 70.8 Å². The number of hydrogen-bond donors (Lipinski definition) is 1. The highest BCUT2D eigenvalue weighted by molar-refractivity contribution is 5.81. The number of benzene rings is 2. The number of hydrogen-bond acceptors (Lipinski definition) is 5. The highest BCUT2D eigenvalue weighted by Crippen LogP contribution is 2.52. The smallest absolute Gasteiger partial charge is 0.416 e. The van der Waals surface area contributed by atoms with Crippen LogP contribution >= 0.6 is 0 Å². The number of aryl methyl sites for hydroxylation is 1. The van der Waals surface area contributed by atoms with Crippen LogP contribution in [0, 0.1) is 12.3 Å². The topological polar surface area (TPSA) is 76.1 Å². The Balaban J connectivity index is 2.14. The molecule has 202 valence electrons. The van der Waals surface area contributed by atoms with Crippen LogP contribution in [0.1, 0.15) is 62.8 Å². The fourth-order valence-electron chi connectivity index (χ4n) is 4.79. The summed E-state index contributed by atoms with van der Waals surface area (Å²) in [7, 11) is 0. The first kappa shape index (κ1) is 28.5. The minimum Gasteiger partial charge on any atom is -0.465 e. The average Bonchev–Trinajstić information content (AvgIpc) is 2.82. The van der Waals surface area contributed by atoms with Gasteiger partial charge in [0, 0.05) is 13.1 Å². The van der Waals surface area contributed by atoms with Crippen molar-refractivity contribution in [2.24, 2.45) is 5.41 Å². The summed E-state index contributed by atoms with van der Waals surface area (Å²) >= 11 is 0. The molecule has 2 aromatic rings. The second-order valence-corrected chi connectivity index (χ2v) is 10.4. The molecule has 37 heavy (non-hydrogen) atoms. The molecular formula is C28H34F3NO5. The molecule has 9 heteroatoms. The molecular weight excluding hydrogens is 487 g/mol. The lowest BCUT2D eigenvalue weighted by atomic mass is 9.60. The SMILES string of the molecule is CCOC(=O)C1(C(O)(c2ccc(C)cc2)c2ccc(C(F)(F)F)cc2)CCN(C(=O)OC(C)(C)C)CC1. The maximum Gasteiger partial charge on any atom is 0.416 e. The van der Waals surface area contributed by atoms with E-state index in [0.717, 1.165) is 17.7 Å². The number of carbonyl (C=O) groups is 2. The van der Waals surface area contributed by atoms with Gasteiger partial charge in [-0.3, -0.25) is 4.79 Å². The second-order valence-electron chi connectivity index (χ2n) is 10.4. The van der Waals surface area contributed by atoms with Crippen molar-refractivity contribution in [3.8, 4) is 0 Å². The molecule has 1 saturated heterocycles. The molecule has 0 aliphatic carbocycles. The van der Waals surface area contributed by atoms with Crippen LogP contribution in [-0.4, -0.2) is 47.4 Å². The van der Waals surface area contributed by atoms with Gasteiger partial charge >= 0.3 is 18.2 Å².